The molecule has 0 bridgehead atoms. The summed E-state index contributed by atoms with van der Waals surface area (Å²) >= 11 is 0. The second-order valence-electron chi connectivity index (χ2n) is 5.45. The lowest BCUT2D eigenvalue weighted by molar-refractivity contribution is 0.714. The number of nitrogens with two attached hydrogens (primary N) is 1. The minimum atomic E-state index is 0.613. The molecule has 0 aromatic heterocycles. The largest absolute Gasteiger partial charge is 0.372 e. The molecule has 2 N–H and O–H groups in total. The molecular formula is C19H26N2. The number of nitrogens with zero attached hydrogens (tertiary/aromatic N) is 1. The average molecular weight is 282 g/mol. The van der Waals surface area contributed by atoms with Crippen molar-refractivity contribution in [3.05, 3.63) is 65.7 Å². The fraction of sp³-hybridized carbons (Fsp3) is 0.368. The van der Waals surface area contributed by atoms with E-state index in [1.165, 1.54) is 29.7 Å². The number of hydrogen-bond donors (Lipinski definition) is 1. The lowest BCUT2D eigenvalue weighted by Crippen LogP contribution is -2.25. The van der Waals surface area contributed by atoms with Crippen LogP contribution in [0.15, 0.2) is 54.6 Å². The van der Waals surface area contributed by atoms with Gasteiger partial charge in [0.05, 0.1) is 0 Å². The van der Waals surface area contributed by atoms with Gasteiger partial charge in [0, 0.05) is 25.3 Å². The topological polar surface area (TPSA) is 29.3 Å². The Morgan fingerprint density at radius 3 is 2.19 bits per heavy atom. The highest BCUT2D eigenvalue weighted by Crippen LogP contribution is 2.16. The Bertz CT molecular complexity index is 505. The highest BCUT2D eigenvalue weighted by atomic mass is 15.1. The quantitative estimate of drug-likeness (QED) is 0.793. The summed E-state index contributed by atoms with van der Waals surface area (Å²) < 4.78 is 0. The van der Waals surface area contributed by atoms with E-state index in [0.29, 0.717) is 6.54 Å². The monoisotopic (exact) mass is 282 g/mol. The summed E-state index contributed by atoms with van der Waals surface area (Å²) in [5.74, 6) is 0. The van der Waals surface area contributed by atoms with Crippen molar-refractivity contribution in [2.24, 2.45) is 5.73 Å². The Morgan fingerprint density at radius 2 is 1.57 bits per heavy atom. The first-order valence-corrected chi connectivity index (χ1v) is 7.91. The van der Waals surface area contributed by atoms with Crippen LogP contribution < -0.4 is 10.6 Å². The molecule has 0 spiro atoms. The summed E-state index contributed by atoms with van der Waals surface area (Å²) in [5.41, 5.74) is 9.59. The van der Waals surface area contributed by atoms with Crippen LogP contribution in [0.1, 0.15) is 30.9 Å². The Balaban J connectivity index is 1.91. The summed E-state index contributed by atoms with van der Waals surface area (Å²) in [5, 5.41) is 0. The molecule has 0 saturated carbocycles. The second kappa shape index (κ2) is 8.48. The smallest absolute Gasteiger partial charge is 0.0366 e. The van der Waals surface area contributed by atoms with E-state index in [9.17, 15) is 0 Å². The summed E-state index contributed by atoms with van der Waals surface area (Å²) in [6, 6.07) is 19.4. The molecule has 0 aliphatic rings. The van der Waals surface area contributed by atoms with Gasteiger partial charge in [-0.1, -0.05) is 49.4 Å². The van der Waals surface area contributed by atoms with Gasteiger partial charge in [-0.2, -0.15) is 0 Å². The van der Waals surface area contributed by atoms with E-state index in [-0.39, 0.29) is 0 Å². The third-order valence-corrected chi connectivity index (χ3v) is 3.77. The van der Waals surface area contributed by atoms with E-state index in [1.807, 2.05) is 0 Å². The molecule has 21 heavy (non-hydrogen) atoms. The lowest BCUT2D eigenvalue weighted by atomic mass is 10.1. The fourth-order valence-corrected chi connectivity index (χ4v) is 2.60. The fourth-order valence-electron chi connectivity index (χ4n) is 2.60. The predicted octanol–water partition coefficient (Wildman–Crippen LogP) is 3.99. The Hall–Kier alpha value is -1.80. The van der Waals surface area contributed by atoms with Gasteiger partial charge in [-0.15, -0.1) is 0 Å². The van der Waals surface area contributed by atoms with Gasteiger partial charge in [0.1, 0.15) is 0 Å². The molecule has 112 valence electrons. The first kappa shape index (κ1) is 15.6. The molecule has 0 aliphatic heterocycles. The van der Waals surface area contributed by atoms with Gasteiger partial charge in [-0.3, -0.25) is 0 Å². The van der Waals surface area contributed by atoms with E-state index in [2.05, 4.69) is 66.4 Å². The molecule has 0 fully saturated rings. The Labute approximate surface area is 128 Å². The van der Waals surface area contributed by atoms with E-state index >= 15 is 0 Å². The van der Waals surface area contributed by atoms with Crippen molar-refractivity contribution < 1.29 is 0 Å². The Morgan fingerprint density at radius 1 is 0.857 bits per heavy atom. The molecule has 0 amide bonds. The maximum absolute atomic E-state index is 5.67. The summed E-state index contributed by atoms with van der Waals surface area (Å²) in [6.07, 6.45) is 3.49. The van der Waals surface area contributed by atoms with Crippen molar-refractivity contribution >= 4 is 5.69 Å². The minimum absolute atomic E-state index is 0.613. The van der Waals surface area contributed by atoms with Crippen molar-refractivity contribution in [3.63, 3.8) is 0 Å². The van der Waals surface area contributed by atoms with Crippen molar-refractivity contribution in [3.8, 4) is 0 Å². The molecule has 0 saturated heterocycles. The van der Waals surface area contributed by atoms with Crippen molar-refractivity contribution in [1.82, 2.24) is 0 Å². The number of hydrogen-bond acceptors (Lipinski definition) is 2. The van der Waals surface area contributed by atoms with Crippen molar-refractivity contribution in [2.75, 3.05) is 18.0 Å². The van der Waals surface area contributed by atoms with Crippen LogP contribution in [0.25, 0.3) is 0 Å². The second-order valence-corrected chi connectivity index (χ2v) is 5.45. The number of rotatable bonds is 8. The molecule has 2 nitrogen and oxygen atoms in total. The first-order chi connectivity index (χ1) is 10.3. The summed E-state index contributed by atoms with van der Waals surface area (Å²) in [7, 11) is 0. The summed E-state index contributed by atoms with van der Waals surface area (Å²) in [4.78, 5) is 2.48. The van der Waals surface area contributed by atoms with Crippen LogP contribution in [0.4, 0.5) is 5.69 Å². The van der Waals surface area contributed by atoms with Crippen LogP contribution in [0, 0.1) is 0 Å². The minimum Gasteiger partial charge on any atom is -0.372 e. The molecule has 2 heteroatoms. The van der Waals surface area contributed by atoms with Crippen LogP contribution in [-0.2, 0) is 13.0 Å². The molecule has 0 heterocycles. The molecule has 2 aromatic rings. The molecule has 0 radical (unpaired) electrons. The third-order valence-electron chi connectivity index (χ3n) is 3.77. The van der Waals surface area contributed by atoms with E-state index in [4.69, 9.17) is 5.73 Å². The number of benzene rings is 2. The predicted molar refractivity (Wildman–Crippen MR) is 91.6 cm³/mol. The van der Waals surface area contributed by atoms with Gasteiger partial charge in [-0.05, 0) is 42.5 Å². The highest BCUT2D eigenvalue weighted by Gasteiger charge is 2.05. The van der Waals surface area contributed by atoms with Gasteiger partial charge in [0.2, 0.25) is 0 Å². The van der Waals surface area contributed by atoms with Gasteiger partial charge in [0.15, 0.2) is 0 Å². The van der Waals surface area contributed by atoms with Gasteiger partial charge in [-0.25, -0.2) is 0 Å². The normalized spacial score (nSPS) is 10.6. The molecule has 2 aromatic carbocycles. The SMILES string of the molecule is CCCN(CCCc1ccccc1)c1ccc(CN)cc1. The standard InChI is InChI=1S/C19H26N2/c1-2-14-21(19-12-10-18(16-20)11-13-19)15-6-9-17-7-4-3-5-8-17/h3-5,7-8,10-13H,2,6,9,14-16,20H2,1H3. The zero-order valence-corrected chi connectivity index (χ0v) is 13.0. The molecule has 0 atom stereocenters. The number of aryl methyl sites for hydroxylation is 1. The molecule has 2 rings (SSSR count). The molecular weight excluding hydrogens is 256 g/mol. The maximum Gasteiger partial charge on any atom is 0.0366 e. The maximum atomic E-state index is 5.67. The first-order valence-electron chi connectivity index (χ1n) is 7.91. The van der Waals surface area contributed by atoms with E-state index in [1.54, 1.807) is 0 Å². The van der Waals surface area contributed by atoms with Crippen molar-refractivity contribution in [2.45, 2.75) is 32.7 Å². The van der Waals surface area contributed by atoms with Crippen LogP contribution >= 0.6 is 0 Å². The van der Waals surface area contributed by atoms with Crippen LogP contribution in [0.5, 0.6) is 0 Å². The van der Waals surface area contributed by atoms with Crippen LogP contribution in [0.3, 0.4) is 0 Å². The van der Waals surface area contributed by atoms with Gasteiger partial charge >= 0.3 is 0 Å². The number of anilines is 1. The lowest BCUT2D eigenvalue weighted by Gasteiger charge is -2.24. The average Bonchev–Trinajstić information content (AvgIpc) is 2.55. The van der Waals surface area contributed by atoms with Gasteiger partial charge in [0.25, 0.3) is 0 Å². The third kappa shape index (κ3) is 4.91. The molecule has 0 aliphatic carbocycles. The van der Waals surface area contributed by atoms with Crippen molar-refractivity contribution in [1.29, 1.82) is 0 Å². The van der Waals surface area contributed by atoms with Gasteiger partial charge < -0.3 is 10.6 Å². The summed E-state index contributed by atoms with van der Waals surface area (Å²) in [6.45, 7) is 5.06. The molecule has 0 unspecified atom stereocenters. The zero-order chi connectivity index (χ0) is 14.9. The van der Waals surface area contributed by atoms with E-state index in [0.717, 1.165) is 19.5 Å². The zero-order valence-electron chi connectivity index (χ0n) is 13.0. The van der Waals surface area contributed by atoms with E-state index < -0.39 is 0 Å². The van der Waals surface area contributed by atoms with Crippen LogP contribution in [0.2, 0.25) is 0 Å². The Kier molecular flexibility index (Phi) is 6.29. The van der Waals surface area contributed by atoms with Crippen LogP contribution in [-0.4, -0.2) is 13.1 Å². The highest BCUT2D eigenvalue weighted by molar-refractivity contribution is 5.47.